The van der Waals surface area contributed by atoms with Crippen molar-refractivity contribution in [2.75, 3.05) is 10.6 Å². The molecule has 5 nitrogen and oxygen atoms in total. The molecule has 2 aliphatic rings. The second-order valence-electron chi connectivity index (χ2n) is 6.58. The third-order valence-electron chi connectivity index (χ3n) is 4.62. The Kier molecular flexibility index (Phi) is 4.07. The first-order valence-corrected chi connectivity index (χ1v) is 8.52. The Bertz CT molecular complexity index is 836. The van der Waals surface area contributed by atoms with Gasteiger partial charge in [-0.3, -0.25) is 4.79 Å². The molecule has 2 aliphatic carbocycles. The first-order valence-electron chi connectivity index (χ1n) is 8.52. The lowest BCUT2D eigenvalue weighted by atomic mass is 9.93. The summed E-state index contributed by atoms with van der Waals surface area (Å²) in [7, 11) is 0. The number of fused-ring (bicyclic) bond motifs is 1. The highest BCUT2D eigenvalue weighted by atomic mass is 19.2. The van der Waals surface area contributed by atoms with Crippen LogP contribution in [-0.2, 0) is 12.8 Å². The quantitative estimate of drug-likeness (QED) is 0.891. The van der Waals surface area contributed by atoms with E-state index in [0.29, 0.717) is 11.3 Å². The number of nitrogens with one attached hydrogen (secondary N) is 2. The van der Waals surface area contributed by atoms with Gasteiger partial charge >= 0.3 is 0 Å². The number of rotatable bonds is 4. The van der Waals surface area contributed by atoms with Crippen molar-refractivity contribution in [2.45, 2.75) is 44.6 Å². The molecule has 1 heterocycles. The molecular weight excluding hydrogens is 326 g/mol. The lowest BCUT2D eigenvalue weighted by molar-refractivity contribution is 0.102. The lowest BCUT2D eigenvalue weighted by Gasteiger charge is -2.18. The molecule has 1 amide bonds. The van der Waals surface area contributed by atoms with Gasteiger partial charge in [0.1, 0.15) is 0 Å². The summed E-state index contributed by atoms with van der Waals surface area (Å²) < 4.78 is 27.2. The zero-order valence-corrected chi connectivity index (χ0v) is 13.6. The van der Waals surface area contributed by atoms with Crippen LogP contribution in [0.25, 0.3) is 0 Å². The van der Waals surface area contributed by atoms with Gasteiger partial charge in [-0.15, -0.1) is 0 Å². The number of amides is 1. The highest BCUT2D eigenvalue weighted by Gasteiger charge is 2.25. The minimum Gasteiger partial charge on any atom is -0.381 e. The van der Waals surface area contributed by atoms with Gasteiger partial charge in [-0.1, -0.05) is 0 Å². The maximum atomic E-state index is 13.7. The molecule has 1 aromatic carbocycles. The number of hydrogen-bond donors (Lipinski definition) is 2. The fourth-order valence-corrected chi connectivity index (χ4v) is 3.13. The average molecular weight is 344 g/mol. The van der Waals surface area contributed by atoms with E-state index in [9.17, 15) is 13.6 Å². The van der Waals surface area contributed by atoms with E-state index in [1.807, 2.05) is 0 Å². The van der Waals surface area contributed by atoms with Crippen LogP contribution >= 0.6 is 0 Å². The molecule has 0 aliphatic heterocycles. The maximum Gasteiger partial charge on any atom is 0.257 e. The summed E-state index contributed by atoms with van der Waals surface area (Å²) in [6, 6.07) is 2.35. The molecule has 0 unspecified atom stereocenters. The fraction of sp³-hybridized carbons (Fsp3) is 0.389. The van der Waals surface area contributed by atoms with Crippen LogP contribution in [0.3, 0.4) is 0 Å². The molecule has 0 radical (unpaired) electrons. The monoisotopic (exact) mass is 344 g/mol. The number of hydrogen-bond acceptors (Lipinski definition) is 4. The van der Waals surface area contributed by atoms with Crippen LogP contribution in [0.2, 0.25) is 0 Å². The van der Waals surface area contributed by atoms with Crippen molar-refractivity contribution >= 4 is 17.3 Å². The van der Waals surface area contributed by atoms with Crippen molar-refractivity contribution in [1.82, 2.24) is 10.2 Å². The van der Waals surface area contributed by atoms with Gasteiger partial charge in [-0.05, 0) is 44.1 Å². The van der Waals surface area contributed by atoms with E-state index < -0.39 is 11.6 Å². The van der Waals surface area contributed by atoms with E-state index >= 15 is 0 Å². The average Bonchev–Trinajstić information content (AvgIpc) is 3.43. The minimum absolute atomic E-state index is 0.233. The molecular formula is C18H18F2N4O. The van der Waals surface area contributed by atoms with Gasteiger partial charge < -0.3 is 10.6 Å². The standard InChI is InChI=1S/C18H18F2N4O/c19-13-7-16(22-10-5-6-10)17(8-14(13)20)23-18(25)12-9-21-24-15-4-2-1-3-11(12)15/h7-10,22H,1-6H2,(H,23,25). The lowest BCUT2D eigenvalue weighted by Crippen LogP contribution is -2.20. The molecule has 0 bridgehead atoms. The summed E-state index contributed by atoms with van der Waals surface area (Å²) >= 11 is 0. The zero-order valence-electron chi connectivity index (χ0n) is 13.6. The van der Waals surface area contributed by atoms with Gasteiger partial charge in [0.25, 0.3) is 5.91 Å². The third kappa shape index (κ3) is 3.31. The van der Waals surface area contributed by atoms with E-state index in [0.717, 1.165) is 61.9 Å². The predicted octanol–water partition coefficient (Wildman–Crippen LogP) is 3.46. The first-order chi connectivity index (χ1) is 12.1. The number of anilines is 2. The number of aryl methyl sites for hydroxylation is 1. The highest BCUT2D eigenvalue weighted by molar-refractivity contribution is 6.06. The molecule has 7 heteroatoms. The Labute approximate surface area is 143 Å². The number of benzene rings is 1. The summed E-state index contributed by atoms with van der Waals surface area (Å²) in [6.45, 7) is 0. The maximum absolute atomic E-state index is 13.7. The normalized spacial score (nSPS) is 16.2. The van der Waals surface area contributed by atoms with Gasteiger partial charge in [-0.2, -0.15) is 10.2 Å². The Morgan fingerprint density at radius 3 is 2.56 bits per heavy atom. The van der Waals surface area contributed by atoms with Gasteiger partial charge in [0.2, 0.25) is 0 Å². The van der Waals surface area contributed by atoms with Crippen LogP contribution in [0.15, 0.2) is 18.3 Å². The highest BCUT2D eigenvalue weighted by Crippen LogP contribution is 2.32. The van der Waals surface area contributed by atoms with Crippen LogP contribution in [0.1, 0.15) is 47.3 Å². The second kappa shape index (κ2) is 6.38. The van der Waals surface area contributed by atoms with Crippen LogP contribution in [0.5, 0.6) is 0 Å². The van der Waals surface area contributed by atoms with Crippen molar-refractivity contribution in [3.8, 4) is 0 Å². The van der Waals surface area contributed by atoms with Gasteiger partial charge in [0, 0.05) is 18.2 Å². The van der Waals surface area contributed by atoms with Crippen molar-refractivity contribution < 1.29 is 13.6 Å². The summed E-state index contributed by atoms with van der Waals surface area (Å²) in [5.74, 6) is -2.31. The summed E-state index contributed by atoms with van der Waals surface area (Å²) in [5, 5.41) is 13.8. The second-order valence-corrected chi connectivity index (χ2v) is 6.58. The molecule has 25 heavy (non-hydrogen) atoms. The summed E-state index contributed by atoms with van der Waals surface area (Å²) in [4.78, 5) is 12.7. The van der Waals surface area contributed by atoms with Crippen LogP contribution < -0.4 is 10.6 Å². The fourth-order valence-electron chi connectivity index (χ4n) is 3.13. The van der Waals surface area contributed by atoms with E-state index in [2.05, 4.69) is 20.8 Å². The van der Waals surface area contributed by atoms with E-state index in [1.165, 1.54) is 6.20 Å². The molecule has 0 saturated heterocycles. The zero-order chi connectivity index (χ0) is 17.4. The van der Waals surface area contributed by atoms with Gasteiger partial charge in [0.15, 0.2) is 11.6 Å². The predicted molar refractivity (Wildman–Crippen MR) is 89.6 cm³/mol. The Morgan fingerprint density at radius 2 is 1.80 bits per heavy atom. The van der Waals surface area contributed by atoms with Crippen LogP contribution in [0, 0.1) is 11.6 Å². The number of halogens is 2. The summed E-state index contributed by atoms with van der Waals surface area (Å²) in [5.41, 5.74) is 2.83. The van der Waals surface area contributed by atoms with Gasteiger partial charge in [0.05, 0.1) is 28.8 Å². The van der Waals surface area contributed by atoms with Crippen molar-refractivity contribution in [3.63, 3.8) is 0 Å². The van der Waals surface area contributed by atoms with Crippen molar-refractivity contribution in [2.24, 2.45) is 0 Å². The minimum atomic E-state index is -0.994. The number of carbonyl (C=O) groups excluding carboxylic acids is 1. The van der Waals surface area contributed by atoms with Crippen molar-refractivity contribution in [1.29, 1.82) is 0 Å². The molecule has 4 rings (SSSR count). The third-order valence-corrected chi connectivity index (χ3v) is 4.62. The topological polar surface area (TPSA) is 66.9 Å². The number of carbonyl (C=O) groups is 1. The molecule has 1 fully saturated rings. The SMILES string of the molecule is O=C(Nc1cc(F)c(F)cc1NC1CC1)c1cnnc2c1CCCC2. The number of aromatic nitrogens is 2. The Hall–Kier alpha value is -2.57. The molecule has 130 valence electrons. The van der Waals surface area contributed by atoms with Crippen molar-refractivity contribution in [3.05, 3.63) is 46.8 Å². The first kappa shape index (κ1) is 15.9. The smallest absolute Gasteiger partial charge is 0.257 e. The molecule has 2 aromatic rings. The molecule has 0 spiro atoms. The summed E-state index contributed by atoms with van der Waals surface area (Å²) in [6.07, 6.45) is 7.02. The van der Waals surface area contributed by atoms with Crippen LogP contribution in [0.4, 0.5) is 20.2 Å². The molecule has 1 saturated carbocycles. The van der Waals surface area contributed by atoms with E-state index in [4.69, 9.17) is 0 Å². The van der Waals surface area contributed by atoms with Gasteiger partial charge in [-0.25, -0.2) is 8.78 Å². The molecule has 2 N–H and O–H groups in total. The largest absolute Gasteiger partial charge is 0.381 e. The number of nitrogens with zero attached hydrogens (tertiary/aromatic N) is 2. The Balaban J connectivity index is 1.64. The molecule has 0 atom stereocenters. The van der Waals surface area contributed by atoms with E-state index in [-0.39, 0.29) is 17.6 Å². The van der Waals surface area contributed by atoms with Crippen LogP contribution in [-0.4, -0.2) is 22.1 Å². The van der Waals surface area contributed by atoms with E-state index in [1.54, 1.807) is 0 Å². The Morgan fingerprint density at radius 1 is 1.08 bits per heavy atom. The molecule has 1 aromatic heterocycles.